The van der Waals surface area contributed by atoms with E-state index in [2.05, 4.69) is 53.0 Å². The van der Waals surface area contributed by atoms with E-state index >= 15 is 0 Å². The number of anilines is 1. The van der Waals surface area contributed by atoms with Crippen LogP contribution < -0.4 is 16.4 Å². The van der Waals surface area contributed by atoms with Gasteiger partial charge in [-0.15, -0.1) is 0 Å². The van der Waals surface area contributed by atoms with Gasteiger partial charge in [-0.1, -0.05) is 69.3 Å². The molecule has 4 N–H and O–H groups in total. The SMILES string of the molecule is C=C/C(=C1/NC(N2CCC(N)CC2)=NC(=NCc2ccccc2-c2nccc3cc(NC(=O)/C=C/CN4CCCCC4)ccc23)N1C)C(C)C. The second-order valence-electron chi connectivity index (χ2n) is 13.7. The molecule has 2 fully saturated rings. The number of carbonyl (C=O) groups excluding carboxylic acids is 1. The Labute approximate surface area is 296 Å². The number of pyridine rings is 1. The Kier molecular flexibility index (Phi) is 11.4. The van der Waals surface area contributed by atoms with E-state index in [1.165, 1.54) is 19.3 Å². The minimum Gasteiger partial charge on any atom is -0.342 e. The first-order chi connectivity index (χ1) is 24.3. The number of carbonyl (C=O) groups is 1. The maximum atomic E-state index is 12.7. The first-order valence-corrected chi connectivity index (χ1v) is 18.0. The molecule has 1 amide bonds. The van der Waals surface area contributed by atoms with E-state index in [4.69, 9.17) is 20.7 Å². The molecule has 0 bridgehead atoms. The van der Waals surface area contributed by atoms with Crippen LogP contribution in [-0.4, -0.2) is 83.3 Å². The van der Waals surface area contributed by atoms with Crippen molar-refractivity contribution in [2.45, 2.75) is 58.5 Å². The highest BCUT2D eigenvalue weighted by atomic mass is 16.1. The number of nitrogens with zero attached hydrogens (tertiary/aromatic N) is 6. The van der Waals surface area contributed by atoms with Crippen LogP contribution >= 0.6 is 0 Å². The van der Waals surface area contributed by atoms with E-state index in [1.54, 1.807) is 6.08 Å². The molecular weight excluding hydrogens is 623 g/mol. The summed E-state index contributed by atoms with van der Waals surface area (Å²) in [4.78, 5) is 34.3. The molecule has 0 saturated carbocycles. The third-order valence-corrected chi connectivity index (χ3v) is 9.80. The molecule has 4 heterocycles. The zero-order valence-electron chi connectivity index (χ0n) is 29.7. The fourth-order valence-corrected chi connectivity index (χ4v) is 6.91. The summed E-state index contributed by atoms with van der Waals surface area (Å²) in [6, 6.07) is 16.5. The Morgan fingerprint density at radius 1 is 1.10 bits per heavy atom. The van der Waals surface area contributed by atoms with Gasteiger partial charge in [0.15, 0.2) is 0 Å². The summed E-state index contributed by atoms with van der Waals surface area (Å²) < 4.78 is 0. The van der Waals surface area contributed by atoms with E-state index in [0.29, 0.717) is 12.5 Å². The summed E-state index contributed by atoms with van der Waals surface area (Å²) in [7, 11) is 2.00. The van der Waals surface area contributed by atoms with Crippen molar-refractivity contribution in [3.05, 3.63) is 96.5 Å². The molecule has 2 saturated heterocycles. The molecule has 1 aromatic heterocycles. The number of amides is 1. The number of nitrogens with one attached hydrogen (secondary N) is 2. The summed E-state index contributed by atoms with van der Waals surface area (Å²) in [5.74, 6) is 2.52. The smallest absolute Gasteiger partial charge is 0.248 e. The van der Waals surface area contributed by atoms with Crippen LogP contribution in [-0.2, 0) is 11.3 Å². The predicted octanol–water partition coefficient (Wildman–Crippen LogP) is 6.11. The third-order valence-electron chi connectivity index (χ3n) is 9.80. The molecule has 3 aromatic rings. The molecule has 50 heavy (non-hydrogen) atoms. The van der Waals surface area contributed by atoms with Crippen LogP contribution in [0.15, 0.2) is 101 Å². The van der Waals surface area contributed by atoms with Crippen LogP contribution in [0.5, 0.6) is 0 Å². The maximum absolute atomic E-state index is 12.7. The molecule has 0 atom stereocenters. The molecule has 0 unspecified atom stereocenters. The lowest BCUT2D eigenvalue weighted by Crippen LogP contribution is -2.53. The Hall–Kier alpha value is -4.80. The first kappa shape index (κ1) is 35.0. The van der Waals surface area contributed by atoms with E-state index in [9.17, 15) is 4.79 Å². The van der Waals surface area contributed by atoms with Gasteiger partial charge in [-0.25, -0.2) is 4.99 Å². The number of aromatic nitrogens is 1. The van der Waals surface area contributed by atoms with Crippen LogP contribution in [0, 0.1) is 5.92 Å². The standard InChI is InChI=1S/C40H51N9O/c1-5-33(28(2)3)38-45-40(49-24-18-31(41)19-25-49)46-39(47(38)4)43-27-30-12-7-8-13-34(30)37-35-16-15-32(26-29(35)17-20-42-37)44-36(50)14-11-23-48-21-9-6-10-22-48/h5,7-8,11-17,20,26,28,31H,1,6,9-10,18-19,21-25,27,41H2,2-4H3,(H,44,50)(H,43,45,46)/b14-11+,38-33+. The summed E-state index contributed by atoms with van der Waals surface area (Å²) in [6.45, 7) is 13.6. The van der Waals surface area contributed by atoms with Crippen LogP contribution in [0.25, 0.3) is 22.0 Å². The second-order valence-corrected chi connectivity index (χ2v) is 13.7. The maximum Gasteiger partial charge on any atom is 0.248 e. The summed E-state index contributed by atoms with van der Waals surface area (Å²) in [5, 5.41) is 8.63. The lowest BCUT2D eigenvalue weighted by molar-refractivity contribution is -0.111. The topological polar surface area (TPSA) is 114 Å². The monoisotopic (exact) mass is 673 g/mol. The highest BCUT2D eigenvalue weighted by molar-refractivity contribution is 6.03. The lowest BCUT2D eigenvalue weighted by atomic mass is 9.99. The number of nitrogens with two attached hydrogens (primary N) is 1. The van der Waals surface area contributed by atoms with Gasteiger partial charge in [0, 0.05) is 61.6 Å². The normalized spacial score (nSPS) is 19.6. The highest BCUT2D eigenvalue weighted by Crippen LogP contribution is 2.31. The zero-order valence-corrected chi connectivity index (χ0v) is 29.7. The average molecular weight is 674 g/mol. The van der Waals surface area contributed by atoms with Gasteiger partial charge in [0.2, 0.25) is 17.8 Å². The number of aliphatic imine (C=N–C) groups is 2. The van der Waals surface area contributed by atoms with Gasteiger partial charge < -0.3 is 21.3 Å². The minimum atomic E-state index is -0.121. The molecule has 0 spiro atoms. The molecule has 3 aliphatic heterocycles. The molecular formula is C40H51N9O. The zero-order chi connectivity index (χ0) is 35.0. The summed E-state index contributed by atoms with van der Waals surface area (Å²) in [5.41, 5.74) is 11.0. The number of likely N-dealkylation sites (tertiary alicyclic amines) is 2. The number of rotatable bonds is 9. The van der Waals surface area contributed by atoms with E-state index < -0.39 is 0 Å². The molecule has 262 valence electrons. The first-order valence-electron chi connectivity index (χ1n) is 18.0. The number of fused-ring (bicyclic) bond motifs is 1. The fourth-order valence-electron chi connectivity index (χ4n) is 6.91. The number of hydrogen-bond donors (Lipinski definition) is 3. The molecule has 0 radical (unpaired) electrons. The Balaban J connectivity index is 1.24. The minimum absolute atomic E-state index is 0.121. The van der Waals surface area contributed by atoms with Crippen molar-refractivity contribution in [1.29, 1.82) is 0 Å². The van der Waals surface area contributed by atoms with Crippen LogP contribution in [0.4, 0.5) is 5.69 Å². The van der Waals surface area contributed by atoms with Gasteiger partial charge in [0.1, 0.15) is 5.82 Å². The Morgan fingerprint density at radius 2 is 1.88 bits per heavy atom. The Morgan fingerprint density at radius 3 is 2.64 bits per heavy atom. The molecule has 10 heteroatoms. The van der Waals surface area contributed by atoms with Gasteiger partial charge >= 0.3 is 0 Å². The van der Waals surface area contributed by atoms with Gasteiger partial charge in [0.05, 0.1) is 12.2 Å². The number of piperidine rings is 2. The van der Waals surface area contributed by atoms with Crippen molar-refractivity contribution >= 4 is 34.3 Å². The lowest BCUT2D eigenvalue weighted by Gasteiger charge is -2.38. The van der Waals surface area contributed by atoms with Crippen molar-refractivity contribution in [2.75, 3.05) is 45.1 Å². The Bertz CT molecular complexity index is 1810. The predicted molar refractivity (Wildman–Crippen MR) is 206 cm³/mol. The summed E-state index contributed by atoms with van der Waals surface area (Å²) >= 11 is 0. The van der Waals surface area contributed by atoms with Crippen molar-refractivity contribution in [2.24, 2.45) is 21.6 Å². The van der Waals surface area contributed by atoms with E-state index in [-0.39, 0.29) is 17.9 Å². The van der Waals surface area contributed by atoms with Crippen molar-refractivity contribution in [1.82, 2.24) is 25.0 Å². The van der Waals surface area contributed by atoms with Crippen LogP contribution in [0.2, 0.25) is 0 Å². The fraction of sp³-hybridized carbons (Fsp3) is 0.400. The highest BCUT2D eigenvalue weighted by Gasteiger charge is 2.28. The summed E-state index contributed by atoms with van der Waals surface area (Å²) in [6.07, 6.45) is 13.0. The number of guanidine groups is 2. The van der Waals surface area contributed by atoms with Gasteiger partial charge in [-0.05, 0) is 79.4 Å². The second kappa shape index (κ2) is 16.3. The quantitative estimate of drug-likeness (QED) is 0.235. The van der Waals surface area contributed by atoms with Gasteiger partial charge in [-0.3, -0.25) is 19.6 Å². The molecule has 0 aliphatic carbocycles. The van der Waals surface area contributed by atoms with Gasteiger partial charge in [0.25, 0.3) is 0 Å². The third kappa shape index (κ3) is 8.31. The molecule has 6 rings (SSSR count). The average Bonchev–Trinajstić information content (AvgIpc) is 3.12. The van der Waals surface area contributed by atoms with Crippen molar-refractivity contribution in [3.8, 4) is 11.3 Å². The van der Waals surface area contributed by atoms with Crippen molar-refractivity contribution in [3.63, 3.8) is 0 Å². The van der Waals surface area contributed by atoms with E-state index in [0.717, 1.165) is 96.2 Å². The largest absolute Gasteiger partial charge is 0.342 e. The van der Waals surface area contributed by atoms with Gasteiger partial charge in [-0.2, -0.15) is 4.99 Å². The van der Waals surface area contributed by atoms with E-state index in [1.807, 2.05) is 66.7 Å². The van der Waals surface area contributed by atoms with Crippen LogP contribution in [0.3, 0.4) is 0 Å². The molecule has 2 aromatic carbocycles. The van der Waals surface area contributed by atoms with Crippen LogP contribution in [0.1, 0.15) is 51.5 Å². The number of allylic oxidation sites excluding steroid dienone is 2. The molecule has 3 aliphatic rings. The van der Waals surface area contributed by atoms with Crippen molar-refractivity contribution < 1.29 is 4.79 Å². The molecule has 10 nitrogen and oxygen atoms in total. The number of hydrogen-bond acceptors (Lipinski definition) is 7. The number of benzene rings is 2.